The molecule has 1 unspecified atom stereocenters. The molecule has 2 N–H and O–H groups in total. The number of nitrogens with zero attached hydrogens (tertiary/aromatic N) is 3. The van der Waals surface area contributed by atoms with E-state index in [4.69, 9.17) is 15.0 Å². The Labute approximate surface area is 101 Å². The maximum atomic E-state index is 5.91. The van der Waals surface area contributed by atoms with Crippen LogP contribution >= 0.6 is 0 Å². The summed E-state index contributed by atoms with van der Waals surface area (Å²) in [5, 5.41) is 3.91. The third kappa shape index (κ3) is 3.02. The van der Waals surface area contributed by atoms with Gasteiger partial charge in [-0.25, -0.2) is 0 Å². The summed E-state index contributed by atoms with van der Waals surface area (Å²) < 4.78 is 10.6. The minimum absolute atomic E-state index is 0.380. The van der Waals surface area contributed by atoms with E-state index in [0.717, 1.165) is 19.8 Å². The van der Waals surface area contributed by atoms with Crippen molar-refractivity contribution in [2.75, 3.05) is 19.8 Å². The molecule has 2 rings (SSSR count). The molecule has 1 aliphatic rings. The molecule has 0 spiro atoms. The minimum atomic E-state index is -0.557. The van der Waals surface area contributed by atoms with Gasteiger partial charge in [-0.05, 0) is 20.8 Å². The van der Waals surface area contributed by atoms with Gasteiger partial charge in [-0.3, -0.25) is 4.90 Å². The van der Waals surface area contributed by atoms with E-state index in [2.05, 4.69) is 22.0 Å². The molecule has 6 nitrogen and oxygen atoms in total. The van der Waals surface area contributed by atoms with E-state index >= 15 is 0 Å². The molecule has 1 fully saturated rings. The second-order valence-corrected chi connectivity index (χ2v) is 5.13. The fourth-order valence-electron chi connectivity index (χ4n) is 1.75. The lowest BCUT2D eigenvalue weighted by Gasteiger charge is -2.31. The zero-order chi connectivity index (χ0) is 12.5. The van der Waals surface area contributed by atoms with Gasteiger partial charge in [0.05, 0.1) is 25.3 Å². The van der Waals surface area contributed by atoms with E-state index < -0.39 is 5.54 Å². The molecule has 0 aromatic carbocycles. The summed E-state index contributed by atoms with van der Waals surface area (Å²) in [6.07, 6.45) is 0. The van der Waals surface area contributed by atoms with Crippen LogP contribution in [0.5, 0.6) is 0 Å². The third-order valence-electron chi connectivity index (χ3n) is 2.89. The molecule has 0 radical (unpaired) electrons. The van der Waals surface area contributed by atoms with Crippen LogP contribution in [0, 0.1) is 0 Å². The first-order valence-corrected chi connectivity index (χ1v) is 5.90. The lowest BCUT2D eigenvalue weighted by Crippen LogP contribution is -2.43. The van der Waals surface area contributed by atoms with Gasteiger partial charge < -0.3 is 15.0 Å². The first-order chi connectivity index (χ1) is 7.97. The van der Waals surface area contributed by atoms with Gasteiger partial charge in [0.25, 0.3) is 0 Å². The fraction of sp³-hybridized carbons (Fsp3) is 0.818. The Hall–Kier alpha value is -0.980. The van der Waals surface area contributed by atoms with Crippen LogP contribution in [0.4, 0.5) is 0 Å². The predicted octanol–water partition coefficient (Wildman–Crippen LogP) is 0.484. The quantitative estimate of drug-likeness (QED) is 0.828. The van der Waals surface area contributed by atoms with E-state index in [1.165, 1.54) is 0 Å². The summed E-state index contributed by atoms with van der Waals surface area (Å²) in [4.78, 5) is 6.59. The SMILES string of the molecule is CC1COCCN1Cc1nc(C(C)(C)N)no1. The van der Waals surface area contributed by atoms with Gasteiger partial charge in [-0.2, -0.15) is 4.98 Å². The number of ether oxygens (including phenoxy) is 1. The van der Waals surface area contributed by atoms with Crippen molar-refractivity contribution in [3.05, 3.63) is 11.7 Å². The molecule has 1 saturated heterocycles. The molecule has 2 heterocycles. The van der Waals surface area contributed by atoms with Crippen LogP contribution in [0.15, 0.2) is 4.52 Å². The Morgan fingerprint density at radius 2 is 2.29 bits per heavy atom. The van der Waals surface area contributed by atoms with E-state index in [0.29, 0.717) is 24.3 Å². The van der Waals surface area contributed by atoms with Crippen LogP contribution in [0.1, 0.15) is 32.5 Å². The van der Waals surface area contributed by atoms with Gasteiger partial charge in [0.15, 0.2) is 5.82 Å². The maximum Gasteiger partial charge on any atom is 0.240 e. The van der Waals surface area contributed by atoms with Crippen molar-refractivity contribution in [3.63, 3.8) is 0 Å². The highest BCUT2D eigenvalue weighted by atomic mass is 16.5. The van der Waals surface area contributed by atoms with Crippen LogP contribution in [-0.4, -0.2) is 40.8 Å². The number of nitrogens with two attached hydrogens (primary N) is 1. The topological polar surface area (TPSA) is 77.4 Å². The first-order valence-electron chi connectivity index (χ1n) is 5.90. The maximum absolute atomic E-state index is 5.91. The number of hydrogen-bond donors (Lipinski definition) is 1. The number of aromatic nitrogens is 2. The summed E-state index contributed by atoms with van der Waals surface area (Å²) in [7, 11) is 0. The molecule has 6 heteroatoms. The molecule has 1 atom stereocenters. The summed E-state index contributed by atoms with van der Waals surface area (Å²) >= 11 is 0. The smallest absolute Gasteiger partial charge is 0.240 e. The summed E-state index contributed by atoms with van der Waals surface area (Å²) in [5.74, 6) is 1.17. The van der Waals surface area contributed by atoms with E-state index in [1.807, 2.05) is 13.8 Å². The minimum Gasteiger partial charge on any atom is -0.379 e. The second-order valence-electron chi connectivity index (χ2n) is 5.13. The van der Waals surface area contributed by atoms with Crippen molar-refractivity contribution >= 4 is 0 Å². The molecule has 1 aliphatic heterocycles. The molecular weight excluding hydrogens is 220 g/mol. The third-order valence-corrected chi connectivity index (χ3v) is 2.89. The Kier molecular flexibility index (Phi) is 3.46. The van der Waals surface area contributed by atoms with Gasteiger partial charge in [-0.1, -0.05) is 5.16 Å². The number of morpholine rings is 1. The lowest BCUT2D eigenvalue weighted by molar-refractivity contribution is -0.00852. The van der Waals surface area contributed by atoms with Gasteiger partial charge >= 0.3 is 0 Å². The summed E-state index contributed by atoms with van der Waals surface area (Å²) in [6, 6.07) is 0.380. The van der Waals surface area contributed by atoms with Crippen LogP contribution in [0.25, 0.3) is 0 Å². The molecule has 0 saturated carbocycles. The Balaban J connectivity index is 2.01. The van der Waals surface area contributed by atoms with Crippen LogP contribution in [-0.2, 0) is 16.8 Å². The molecule has 1 aromatic heterocycles. The van der Waals surface area contributed by atoms with Crippen LogP contribution < -0.4 is 5.73 Å². The molecule has 17 heavy (non-hydrogen) atoms. The number of rotatable bonds is 3. The predicted molar refractivity (Wildman–Crippen MR) is 62.2 cm³/mol. The van der Waals surface area contributed by atoms with E-state index in [-0.39, 0.29) is 0 Å². The zero-order valence-electron chi connectivity index (χ0n) is 10.6. The van der Waals surface area contributed by atoms with Gasteiger partial charge in [-0.15, -0.1) is 0 Å². The van der Waals surface area contributed by atoms with Crippen LogP contribution in [0.3, 0.4) is 0 Å². The van der Waals surface area contributed by atoms with Gasteiger partial charge in [0.1, 0.15) is 0 Å². The highest BCUT2D eigenvalue weighted by Crippen LogP contribution is 2.15. The summed E-state index contributed by atoms with van der Waals surface area (Å²) in [5.41, 5.74) is 5.35. The molecule has 96 valence electrons. The van der Waals surface area contributed by atoms with Crippen molar-refractivity contribution in [1.82, 2.24) is 15.0 Å². The number of hydrogen-bond acceptors (Lipinski definition) is 6. The zero-order valence-corrected chi connectivity index (χ0v) is 10.6. The summed E-state index contributed by atoms with van der Waals surface area (Å²) in [6.45, 7) is 8.91. The molecule has 0 amide bonds. The molecule has 0 bridgehead atoms. The monoisotopic (exact) mass is 240 g/mol. The Morgan fingerprint density at radius 3 is 2.88 bits per heavy atom. The highest BCUT2D eigenvalue weighted by Gasteiger charge is 2.24. The Morgan fingerprint density at radius 1 is 1.53 bits per heavy atom. The molecule has 1 aromatic rings. The van der Waals surface area contributed by atoms with Crippen molar-refractivity contribution in [3.8, 4) is 0 Å². The molecule has 0 aliphatic carbocycles. The van der Waals surface area contributed by atoms with Gasteiger partial charge in [0, 0.05) is 12.6 Å². The van der Waals surface area contributed by atoms with Gasteiger partial charge in [0.2, 0.25) is 5.89 Å². The fourth-order valence-corrected chi connectivity index (χ4v) is 1.75. The standard InChI is InChI=1S/C11H20N4O2/c1-8-7-16-5-4-15(8)6-9-13-10(14-17-9)11(2,3)12/h8H,4-7,12H2,1-3H3. The van der Waals surface area contributed by atoms with Crippen molar-refractivity contribution in [2.24, 2.45) is 5.73 Å². The normalized spacial score (nSPS) is 22.9. The lowest BCUT2D eigenvalue weighted by atomic mass is 10.1. The Bertz CT molecular complexity index is 372. The highest BCUT2D eigenvalue weighted by molar-refractivity contribution is 4.99. The van der Waals surface area contributed by atoms with Crippen molar-refractivity contribution in [2.45, 2.75) is 38.9 Å². The van der Waals surface area contributed by atoms with Crippen molar-refractivity contribution < 1.29 is 9.26 Å². The second kappa shape index (κ2) is 4.72. The largest absolute Gasteiger partial charge is 0.379 e. The van der Waals surface area contributed by atoms with E-state index in [1.54, 1.807) is 0 Å². The van der Waals surface area contributed by atoms with Crippen molar-refractivity contribution in [1.29, 1.82) is 0 Å². The average molecular weight is 240 g/mol. The average Bonchev–Trinajstić information content (AvgIpc) is 2.69. The first kappa shape index (κ1) is 12.5. The van der Waals surface area contributed by atoms with E-state index in [9.17, 15) is 0 Å². The van der Waals surface area contributed by atoms with Crippen LogP contribution in [0.2, 0.25) is 0 Å². The molecular formula is C11H20N4O2.